The molecule has 0 bridgehead atoms. The number of pyridine rings is 1. The number of nitrogens with one attached hydrogen (secondary N) is 1. The smallest absolute Gasteiger partial charge is 0.229 e. The normalized spacial score (nSPS) is 18.4. The van der Waals surface area contributed by atoms with Crippen LogP contribution in [0.1, 0.15) is 12.5 Å². The monoisotopic (exact) mass is 428 g/mol. The van der Waals surface area contributed by atoms with Crippen LogP contribution in [-0.4, -0.2) is 59.7 Å². The fourth-order valence-corrected chi connectivity index (χ4v) is 3.90. The molecule has 4 rings (SSSR count). The standard InChI is InChI=1S/C19H24N8O2S/c1-19(12-28)11-27(16-7-5-6-15(23-16)25-30(3,4)29)17-14(19)9-20-18(24-17)22-13-8-21-26(2)10-13/h5-10,28H,11-12H2,1-4H3,(H,20,22,24)/t19-/m1/s1. The Balaban J connectivity index is 1.76. The molecule has 0 radical (unpaired) electrons. The third-order valence-electron chi connectivity index (χ3n) is 4.80. The van der Waals surface area contributed by atoms with Gasteiger partial charge in [-0.15, -0.1) is 0 Å². The highest BCUT2D eigenvalue weighted by Gasteiger charge is 2.41. The Hall–Kier alpha value is -3.05. The Morgan fingerprint density at radius 2 is 2.10 bits per heavy atom. The predicted molar refractivity (Wildman–Crippen MR) is 116 cm³/mol. The molecule has 1 atom stereocenters. The quantitative estimate of drug-likeness (QED) is 0.634. The van der Waals surface area contributed by atoms with Gasteiger partial charge in [0.1, 0.15) is 11.6 Å². The molecule has 1 aliphatic rings. The van der Waals surface area contributed by atoms with Crippen LogP contribution < -0.4 is 10.2 Å². The minimum atomic E-state index is -2.33. The van der Waals surface area contributed by atoms with Crippen molar-refractivity contribution >= 4 is 38.8 Å². The molecule has 2 N–H and O–H groups in total. The van der Waals surface area contributed by atoms with Gasteiger partial charge in [0.15, 0.2) is 5.82 Å². The number of aryl methyl sites for hydroxylation is 1. The van der Waals surface area contributed by atoms with Crippen molar-refractivity contribution < 1.29 is 9.32 Å². The maximum absolute atomic E-state index is 12.1. The van der Waals surface area contributed by atoms with Crippen LogP contribution in [0.2, 0.25) is 0 Å². The third kappa shape index (κ3) is 3.98. The summed E-state index contributed by atoms with van der Waals surface area (Å²) in [6.07, 6.45) is 8.38. The second-order valence-electron chi connectivity index (χ2n) is 7.89. The van der Waals surface area contributed by atoms with E-state index in [0.29, 0.717) is 29.9 Å². The second kappa shape index (κ2) is 7.33. The molecule has 0 saturated carbocycles. The van der Waals surface area contributed by atoms with Gasteiger partial charge in [0.05, 0.1) is 18.5 Å². The lowest BCUT2D eigenvalue weighted by atomic mass is 9.87. The zero-order chi connectivity index (χ0) is 21.5. The van der Waals surface area contributed by atoms with E-state index in [1.54, 1.807) is 35.7 Å². The Bertz CT molecular complexity index is 1210. The fraction of sp³-hybridized carbons (Fsp3) is 0.368. The van der Waals surface area contributed by atoms with Crippen LogP contribution in [0.4, 0.5) is 29.1 Å². The molecule has 4 heterocycles. The molecule has 0 fully saturated rings. The molecule has 0 spiro atoms. The van der Waals surface area contributed by atoms with Crippen molar-refractivity contribution in [2.24, 2.45) is 11.4 Å². The van der Waals surface area contributed by atoms with Crippen LogP contribution in [0.25, 0.3) is 0 Å². The molecule has 0 aliphatic carbocycles. The van der Waals surface area contributed by atoms with Gasteiger partial charge in [0.2, 0.25) is 5.95 Å². The lowest BCUT2D eigenvalue weighted by molar-refractivity contribution is 0.216. The van der Waals surface area contributed by atoms with Crippen LogP contribution in [-0.2, 0) is 22.2 Å². The van der Waals surface area contributed by atoms with E-state index in [4.69, 9.17) is 4.98 Å². The Labute approximate surface area is 175 Å². The Kier molecular flexibility index (Phi) is 4.94. The number of hydrogen-bond donors (Lipinski definition) is 2. The highest BCUT2D eigenvalue weighted by Crippen LogP contribution is 2.43. The number of fused-ring (bicyclic) bond motifs is 1. The van der Waals surface area contributed by atoms with Gasteiger partial charge in [-0.3, -0.25) is 4.68 Å². The third-order valence-corrected chi connectivity index (χ3v) is 5.43. The van der Waals surface area contributed by atoms with Crippen LogP contribution in [0.15, 0.2) is 41.2 Å². The first-order chi connectivity index (χ1) is 14.2. The summed E-state index contributed by atoms with van der Waals surface area (Å²) in [5.41, 5.74) is 1.06. The Morgan fingerprint density at radius 3 is 2.77 bits per heavy atom. The number of hydrogen-bond acceptors (Lipinski definition) is 9. The summed E-state index contributed by atoms with van der Waals surface area (Å²) in [4.78, 5) is 15.6. The summed E-state index contributed by atoms with van der Waals surface area (Å²) in [6.45, 7) is 2.38. The zero-order valence-corrected chi connectivity index (χ0v) is 18.1. The van der Waals surface area contributed by atoms with Crippen molar-refractivity contribution in [3.8, 4) is 0 Å². The summed E-state index contributed by atoms with van der Waals surface area (Å²) < 4.78 is 17.9. The molecule has 11 heteroatoms. The van der Waals surface area contributed by atoms with Gasteiger partial charge >= 0.3 is 0 Å². The van der Waals surface area contributed by atoms with Crippen LogP contribution in [0.5, 0.6) is 0 Å². The van der Waals surface area contributed by atoms with E-state index < -0.39 is 15.1 Å². The lowest BCUT2D eigenvalue weighted by Crippen LogP contribution is -2.32. The number of aliphatic hydroxyl groups is 1. The van der Waals surface area contributed by atoms with Gasteiger partial charge < -0.3 is 15.3 Å². The molecule has 0 amide bonds. The molecular weight excluding hydrogens is 404 g/mol. The molecule has 1 aliphatic heterocycles. The summed E-state index contributed by atoms with van der Waals surface area (Å²) in [5.74, 6) is 2.08. The largest absolute Gasteiger partial charge is 0.395 e. The maximum atomic E-state index is 12.1. The first kappa shape index (κ1) is 20.2. The molecule has 0 unspecified atom stereocenters. The molecule has 30 heavy (non-hydrogen) atoms. The van der Waals surface area contributed by atoms with E-state index in [9.17, 15) is 9.32 Å². The van der Waals surface area contributed by atoms with Crippen molar-refractivity contribution in [2.45, 2.75) is 12.3 Å². The molecule has 3 aromatic heterocycles. The minimum Gasteiger partial charge on any atom is -0.395 e. The van der Waals surface area contributed by atoms with E-state index in [1.807, 2.05) is 37.2 Å². The van der Waals surface area contributed by atoms with E-state index in [1.165, 1.54) is 0 Å². The average Bonchev–Trinajstić information content (AvgIpc) is 3.22. The summed E-state index contributed by atoms with van der Waals surface area (Å²) in [6, 6.07) is 5.37. The topological polar surface area (TPSA) is 121 Å². The average molecular weight is 429 g/mol. The lowest BCUT2D eigenvalue weighted by Gasteiger charge is -2.23. The maximum Gasteiger partial charge on any atom is 0.229 e. The molecule has 10 nitrogen and oxygen atoms in total. The van der Waals surface area contributed by atoms with E-state index in [-0.39, 0.29) is 6.61 Å². The number of aromatic nitrogens is 5. The SMILES string of the molecule is Cn1cc(Nc2ncc3c(n2)N(c2cccc(N=S(C)(C)=O)n2)C[C@]3(C)CO)cn1. The van der Waals surface area contributed by atoms with Crippen molar-refractivity contribution in [3.63, 3.8) is 0 Å². The highest BCUT2D eigenvalue weighted by atomic mass is 32.2. The fourth-order valence-electron chi connectivity index (χ4n) is 3.35. The molecule has 158 valence electrons. The number of aliphatic hydroxyl groups excluding tert-OH is 1. The van der Waals surface area contributed by atoms with E-state index in [0.717, 1.165) is 11.3 Å². The second-order valence-corrected chi connectivity index (χ2v) is 10.4. The van der Waals surface area contributed by atoms with E-state index >= 15 is 0 Å². The van der Waals surface area contributed by atoms with Crippen molar-refractivity contribution in [1.82, 2.24) is 24.7 Å². The number of anilines is 4. The van der Waals surface area contributed by atoms with Gasteiger partial charge in [0, 0.05) is 59.2 Å². The Morgan fingerprint density at radius 1 is 1.30 bits per heavy atom. The highest BCUT2D eigenvalue weighted by molar-refractivity contribution is 7.92. The van der Waals surface area contributed by atoms with Crippen LogP contribution in [0, 0.1) is 0 Å². The first-order valence-electron chi connectivity index (χ1n) is 9.33. The zero-order valence-electron chi connectivity index (χ0n) is 17.3. The van der Waals surface area contributed by atoms with Gasteiger partial charge in [0.25, 0.3) is 0 Å². The minimum absolute atomic E-state index is 0.0585. The van der Waals surface area contributed by atoms with Crippen LogP contribution >= 0.6 is 0 Å². The number of rotatable bonds is 5. The van der Waals surface area contributed by atoms with Crippen molar-refractivity contribution in [3.05, 3.63) is 42.4 Å². The van der Waals surface area contributed by atoms with Crippen molar-refractivity contribution in [1.29, 1.82) is 0 Å². The summed E-state index contributed by atoms with van der Waals surface area (Å²) >= 11 is 0. The van der Waals surface area contributed by atoms with Gasteiger partial charge in [-0.1, -0.05) is 13.0 Å². The summed E-state index contributed by atoms with van der Waals surface area (Å²) in [5, 5.41) is 17.3. The molecule has 3 aromatic rings. The molecular formula is C19H24N8O2S. The number of nitrogens with zero attached hydrogens (tertiary/aromatic N) is 7. The molecule has 0 aromatic carbocycles. The predicted octanol–water partition coefficient (Wildman–Crippen LogP) is 2.11. The first-order valence-corrected chi connectivity index (χ1v) is 11.7. The van der Waals surface area contributed by atoms with Crippen molar-refractivity contribution in [2.75, 3.05) is 35.9 Å². The van der Waals surface area contributed by atoms with E-state index in [2.05, 4.69) is 24.7 Å². The van der Waals surface area contributed by atoms with Gasteiger partial charge in [-0.05, 0) is 12.1 Å². The van der Waals surface area contributed by atoms with Crippen LogP contribution in [0.3, 0.4) is 0 Å². The summed E-state index contributed by atoms with van der Waals surface area (Å²) in [7, 11) is -0.503. The van der Waals surface area contributed by atoms with Gasteiger partial charge in [-0.25, -0.2) is 14.2 Å². The molecule has 0 saturated heterocycles. The van der Waals surface area contributed by atoms with Gasteiger partial charge in [-0.2, -0.15) is 14.4 Å².